The summed E-state index contributed by atoms with van der Waals surface area (Å²) in [7, 11) is 0. The number of thioether (sulfide) groups is 1. The lowest BCUT2D eigenvalue weighted by Gasteiger charge is -2.20. The number of rotatable bonds is 6. The highest BCUT2D eigenvalue weighted by atomic mass is 32.2. The van der Waals surface area contributed by atoms with Crippen molar-refractivity contribution in [2.45, 2.75) is 18.2 Å². The van der Waals surface area contributed by atoms with E-state index in [9.17, 15) is 23.1 Å². The fourth-order valence-corrected chi connectivity index (χ4v) is 3.02. The van der Waals surface area contributed by atoms with Gasteiger partial charge in [0.15, 0.2) is 5.12 Å². The Balaban J connectivity index is 2.19. The molecule has 1 N–H and O–H groups in total. The van der Waals surface area contributed by atoms with Crippen LogP contribution in [0.1, 0.15) is 17.0 Å². The van der Waals surface area contributed by atoms with Crippen LogP contribution < -0.4 is 0 Å². The van der Waals surface area contributed by atoms with Gasteiger partial charge in [-0.2, -0.15) is 13.2 Å². The van der Waals surface area contributed by atoms with Crippen molar-refractivity contribution in [3.05, 3.63) is 77.9 Å². The number of halogens is 3. The molecule has 2 aromatic carbocycles. The van der Waals surface area contributed by atoms with E-state index in [2.05, 4.69) is 0 Å². The predicted octanol–water partition coefficient (Wildman–Crippen LogP) is 4.67. The van der Waals surface area contributed by atoms with Crippen molar-refractivity contribution >= 4 is 23.0 Å². The Labute approximate surface area is 148 Å². The van der Waals surface area contributed by atoms with Crippen LogP contribution in [0.2, 0.25) is 0 Å². The van der Waals surface area contributed by atoms with Crippen molar-refractivity contribution in [2.24, 2.45) is 0 Å². The number of benzene rings is 2. The van der Waals surface area contributed by atoms with Crippen molar-refractivity contribution in [3.63, 3.8) is 0 Å². The summed E-state index contributed by atoms with van der Waals surface area (Å²) in [6, 6.07) is 17.5. The monoisotopic (exact) mass is 366 g/mol. The van der Waals surface area contributed by atoms with Crippen LogP contribution in [-0.4, -0.2) is 28.3 Å². The largest absolute Gasteiger partial charge is 0.398 e. The Kier molecular flexibility index (Phi) is 6.84. The first-order chi connectivity index (χ1) is 11.9. The molecule has 0 spiro atoms. The van der Waals surface area contributed by atoms with Gasteiger partial charge in [0.2, 0.25) is 0 Å². The van der Waals surface area contributed by atoms with E-state index in [-0.39, 0.29) is 11.8 Å². The Bertz CT molecular complexity index is 700. The molecule has 0 unspecified atom stereocenters. The molecule has 0 bridgehead atoms. The van der Waals surface area contributed by atoms with Crippen LogP contribution in [0.25, 0.3) is 6.08 Å². The van der Waals surface area contributed by atoms with Crippen LogP contribution in [0.3, 0.4) is 0 Å². The van der Waals surface area contributed by atoms with Crippen molar-refractivity contribution in [2.75, 3.05) is 5.75 Å². The van der Waals surface area contributed by atoms with Gasteiger partial charge in [0.1, 0.15) is 0 Å². The highest BCUT2D eigenvalue weighted by molar-refractivity contribution is 8.13. The maximum Gasteiger partial charge on any atom is 0.398 e. The topological polar surface area (TPSA) is 37.3 Å². The van der Waals surface area contributed by atoms with Gasteiger partial charge < -0.3 is 5.11 Å². The second kappa shape index (κ2) is 8.87. The Morgan fingerprint density at radius 2 is 1.60 bits per heavy atom. The number of carbonyl (C=O) groups excluding carboxylic acids is 1. The molecule has 2 aromatic rings. The normalized spacial score (nSPS) is 14.4. The highest BCUT2D eigenvalue weighted by Crippen LogP contribution is 2.30. The fourth-order valence-electron chi connectivity index (χ4n) is 2.26. The van der Waals surface area contributed by atoms with Crippen LogP contribution >= 0.6 is 11.8 Å². The molecule has 0 saturated carbocycles. The standard InChI is InChI=1S/C19H17F3O2S/c20-19(21,22)13-25-18(24)17(15-9-5-2-6-10-15)16(23)12-11-14-7-3-1-4-8-14/h1-12,16-17,23H,13H2/b12-11+/t16-,17+/m0/s1. The van der Waals surface area contributed by atoms with E-state index >= 15 is 0 Å². The maximum absolute atomic E-state index is 12.4. The molecule has 0 aromatic heterocycles. The molecule has 0 radical (unpaired) electrons. The molecule has 25 heavy (non-hydrogen) atoms. The molecule has 2 nitrogen and oxygen atoms in total. The third-order valence-corrected chi connectivity index (χ3v) is 4.43. The summed E-state index contributed by atoms with van der Waals surface area (Å²) < 4.78 is 37.2. The molecule has 0 heterocycles. The Morgan fingerprint density at radius 3 is 2.16 bits per heavy atom. The van der Waals surface area contributed by atoms with Crippen molar-refractivity contribution in [3.8, 4) is 0 Å². The predicted molar refractivity (Wildman–Crippen MR) is 94.2 cm³/mol. The minimum absolute atomic E-state index is 0.179. The molecule has 132 valence electrons. The van der Waals surface area contributed by atoms with Gasteiger partial charge in [-0.25, -0.2) is 0 Å². The van der Waals surface area contributed by atoms with E-state index in [1.807, 2.05) is 30.3 Å². The molecule has 0 fully saturated rings. The molecule has 0 amide bonds. The smallest absolute Gasteiger partial charge is 0.388 e. The van der Waals surface area contributed by atoms with Crippen LogP contribution in [0, 0.1) is 0 Å². The summed E-state index contributed by atoms with van der Waals surface area (Å²) in [5, 5.41) is 9.71. The van der Waals surface area contributed by atoms with E-state index in [1.54, 1.807) is 36.4 Å². The van der Waals surface area contributed by atoms with Crippen LogP contribution in [0.15, 0.2) is 66.7 Å². The van der Waals surface area contributed by atoms with E-state index in [0.29, 0.717) is 5.56 Å². The van der Waals surface area contributed by atoms with Crippen LogP contribution in [0.4, 0.5) is 13.2 Å². The average molecular weight is 366 g/mol. The number of hydrogen-bond acceptors (Lipinski definition) is 3. The van der Waals surface area contributed by atoms with E-state index in [0.717, 1.165) is 5.56 Å². The Hall–Kier alpha value is -2.05. The lowest BCUT2D eigenvalue weighted by Crippen LogP contribution is -2.24. The SMILES string of the molecule is O=C(SCC(F)(F)F)[C@H](c1ccccc1)[C@@H](O)/C=C/c1ccccc1. The summed E-state index contributed by atoms with van der Waals surface area (Å²) in [4.78, 5) is 12.3. The second-order valence-corrected chi connectivity index (χ2v) is 6.35. The summed E-state index contributed by atoms with van der Waals surface area (Å²) >= 11 is 0.179. The van der Waals surface area contributed by atoms with Gasteiger partial charge in [0.25, 0.3) is 0 Å². The number of hydrogen-bond donors (Lipinski definition) is 1. The molecule has 2 rings (SSSR count). The maximum atomic E-state index is 12.4. The first-order valence-electron chi connectivity index (χ1n) is 7.56. The molecule has 2 atom stereocenters. The molecular weight excluding hydrogens is 349 g/mol. The van der Waals surface area contributed by atoms with Gasteiger partial charge in [-0.05, 0) is 11.1 Å². The number of aliphatic hydroxyl groups is 1. The van der Waals surface area contributed by atoms with Gasteiger partial charge in [-0.3, -0.25) is 4.79 Å². The van der Waals surface area contributed by atoms with E-state index in [1.165, 1.54) is 6.08 Å². The molecule has 0 aliphatic rings. The summed E-state index contributed by atoms with van der Waals surface area (Å²) in [5.41, 5.74) is 1.30. The molecule has 6 heteroatoms. The number of aliphatic hydroxyl groups excluding tert-OH is 1. The number of alkyl halides is 3. The highest BCUT2D eigenvalue weighted by Gasteiger charge is 2.33. The van der Waals surface area contributed by atoms with Gasteiger partial charge in [-0.1, -0.05) is 84.6 Å². The second-order valence-electron chi connectivity index (χ2n) is 5.37. The minimum atomic E-state index is -4.44. The zero-order valence-electron chi connectivity index (χ0n) is 13.2. The minimum Gasteiger partial charge on any atom is -0.388 e. The van der Waals surface area contributed by atoms with Crippen LogP contribution in [-0.2, 0) is 4.79 Å². The zero-order valence-corrected chi connectivity index (χ0v) is 14.0. The van der Waals surface area contributed by atoms with E-state index in [4.69, 9.17) is 0 Å². The van der Waals surface area contributed by atoms with Crippen molar-refractivity contribution in [1.29, 1.82) is 0 Å². The van der Waals surface area contributed by atoms with Gasteiger partial charge in [-0.15, -0.1) is 0 Å². The lowest BCUT2D eigenvalue weighted by atomic mass is 9.94. The Morgan fingerprint density at radius 1 is 1.04 bits per heavy atom. The zero-order chi connectivity index (χ0) is 18.3. The summed E-state index contributed by atoms with van der Waals surface area (Å²) in [6.45, 7) is 0. The van der Waals surface area contributed by atoms with Crippen molar-refractivity contribution in [1.82, 2.24) is 0 Å². The lowest BCUT2D eigenvalue weighted by molar-refractivity contribution is -0.116. The summed E-state index contributed by atoms with van der Waals surface area (Å²) in [6.07, 6.45) is -2.59. The fraction of sp³-hybridized carbons (Fsp3) is 0.211. The quantitative estimate of drug-likeness (QED) is 0.807. The number of carbonyl (C=O) groups is 1. The third kappa shape index (κ3) is 6.40. The molecule has 0 aliphatic heterocycles. The van der Waals surface area contributed by atoms with Gasteiger partial charge in [0, 0.05) is 0 Å². The molecular formula is C19H17F3O2S. The first-order valence-corrected chi connectivity index (χ1v) is 8.55. The third-order valence-electron chi connectivity index (χ3n) is 3.42. The first kappa shape index (κ1) is 19.3. The van der Waals surface area contributed by atoms with Gasteiger partial charge >= 0.3 is 6.18 Å². The molecule has 0 aliphatic carbocycles. The van der Waals surface area contributed by atoms with Crippen molar-refractivity contribution < 1.29 is 23.1 Å². The average Bonchev–Trinajstić information content (AvgIpc) is 2.60. The van der Waals surface area contributed by atoms with Crippen LogP contribution in [0.5, 0.6) is 0 Å². The van der Waals surface area contributed by atoms with Gasteiger partial charge in [0.05, 0.1) is 17.8 Å². The van der Waals surface area contributed by atoms with E-state index < -0.39 is 29.1 Å². The molecule has 0 saturated heterocycles. The summed E-state index contributed by atoms with van der Waals surface area (Å²) in [5.74, 6) is -2.34.